The fourth-order valence-electron chi connectivity index (χ4n) is 5.92. The molecule has 4 heterocycles. The van der Waals surface area contributed by atoms with E-state index in [1.165, 1.54) is 24.0 Å². The highest BCUT2D eigenvalue weighted by Gasteiger charge is 2.26. The Labute approximate surface area is 243 Å². The van der Waals surface area contributed by atoms with Gasteiger partial charge in [0, 0.05) is 41.4 Å². The number of piperidine rings is 1. The topological polar surface area (TPSA) is 125 Å². The summed E-state index contributed by atoms with van der Waals surface area (Å²) >= 11 is 0. The molecule has 0 unspecified atom stereocenters. The van der Waals surface area contributed by atoms with Gasteiger partial charge < -0.3 is 14.7 Å². The van der Waals surface area contributed by atoms with Gasteiger partial charge in [-0.1, -0.05) is 36.4 Å². The molecule has 0 bridgehead atoms. The van der Waals surface area contributed by atoms with Crippen LogP contribution in [0.3, 0.4) is 0 Å². The van der Waals surface area contributed by atoms with Crippen molar-refractivity contribution < 1.29 is 18.3 Å². The summed E-state index contributed by atoms with van der Waals surface area (Å²) in [5.41, 5.74) is 5.71. The molecule has 9 nitrogen and oxygen atoms in total. The van der Waals surface area contributed by atoms with E-state index in [2.05, 4.69) is 45.2 Å². The molecule has 0 atom stereocenters. The number of carbonyl (C=O) groups is 1. The third-order valence-electron chi connectivity index (χ3n) is 8.30. The smallest absolute Gasteiger partial charge is 0.335 e. The number of nitrogens with one attached hydrogen (secondary N) is 1. The molecule has 1 saturated heterocycles. The molecule has 216 valence electrons. The summed E-state index contributed by atoms with van der Waals surface area (Å²) in [7, 11) is -2.98. The van der Waals surface area contributed by atoms with Gasteiger partial charge in [0.1, 0.15) is 15.5 Å². The van der Waals surface area contributed by atoms with Crippen LogP contribution in [0.5, 0.6) is 0 Å². The molecule has 0 aliphatic carbocycles. The third kappa shape index (κ3) is 5.23. The summed E-state index contributed by atoms with van der Waals surface area (Å²) in [6, 6.07) is 18.6. The minimum Gasteiger partial charge on any atom is -0.478 e. The first-order valence-electron chi connectivity index (χ1n) is 14.0. The zero-order chi connectivity index (χ0) is 29.6. The predicted octanol–water partition coefficient (Wildman–Crippen LogP) is 4.94. The van der Waals surface area contributed by atoms with Crippen LogP contribution in [0.1, 0.15) is 35.7 Å². The zero-order valence-corrected chi connectivity index (χ0v) is 24.3. The summed E-state index contributed by atoms with van der Waals surface area (Å²) < 4.78 is 25.4. The number of H-pyrrole nitrogens is 1. The molecule has 1 aliphatic rings. The van der Waals surface area contributed by atoms with Gasteiger partial charge in [-0.05, 0) is 73.8 Å². The molecule has 1 fully saturated rings. The number of aromatic nitrogens is 3. The maximum atomic E-state index is 13.4. The van der Waals surface area contributed by atoms with Crippen molar-refractivity contribution in [2.24, 2.45) is 0 Å². The number of sulfone groups is 1. The first kappa shape index (κ1) is 27.9. The van der Waals surface area contributed by atoms with Gasteiger partial charge in [0.25, 0.3) is 5.56 Å². The van der Waals surface area contributed by atoms with Crippen molar-refractivity contribution in [2.45, 2.75) is 38.1 Å². The van der Waals surface area contributed by atoms with Crippen molar-refractivity contribution >= 4 is 37.7 Å². The lowest BCUT2D eigenvalue weighted by Gasteiger charge is -2.31. The second-order valence-electron chi connectivity index (χ2n) is 11.0. The highest BCUT2D eigenvalue weighted by Crippen LogP contribution is 2.31. The van der Waals surface area contributed by atoms with E-state index in [0.717, 1.165) is 47.2 Å². The van der Waals surface area contributed by atoms with Gasteiger partial charge in [0.2, 0.25) is 0 Å². The maximum Gasteiger partial charge on any atom is 0.335 e. The Balaban J connectivity index is 1.31. The van der Waals surface area contributed by atoms with Crippen LogP contribution in [0.15, 0.2) is 71.7 Å². The number of hydrogen-bond donors (Lipinski definition) is 2. The van der Waals surface area contributed by atoms with E-state index >= 15 is 0 Å². The summed E-state index contributed by atoms with van der Waals surface area (Å²) in [6.07, 6.45) is 4.40. The minimum atomic E-state index is -2.98. The second kappa shape index (κ2) is 10.8. The van der Waals surface area contributed by atoms with Crippen LogP contribution in [0.4, 0.5) is 0 Å². The largest absolute Gasteiger partial charge is 0.478 e. The molecule has 0 saturated carbocycles. The van der Waals surface area contributed by atoms with Crippen LogP contribution >= 0.6 is 0 Å². The highest BCUT2D eigenvalue weighted by molar-refractivity contribution is 7.91. The lowest BCUT2D eigenvalue weighted by atomic mass is 10.0. The Morgan fingerprint density at radius 3 is 2.29 bits per heavy atom. The van der Waals surface area contributed by atoms with Crippen molar-refractivity contribution in [3.63, 3.8) is 0 Å². The number of benzene rings is 2. The molecule has 6 rings (SSSR count). The third-order valence-corrected chi connectivity index (χ3v) is 9.99. The average Bonchev–Trinajstić information content (AvgIpc) is 3.42. The standard InChI is InChI=1S/C32H32N4O5S/c1-3-36-29-18-33-30-27(26(29)16-25(31(36)37)21-8-10-23(11-9-21)32(38)39)17-28(34-30)22-6-4-20(5-7-22)19-35-14-12-24(13-15-35)42(2,40)41/h4-11,16-18,24H,3,12-15,19H2,1-2H3,(H,33,34)(H,38,39). The summed E-state index contributed by atoms with van der Waals surface area (Å²) in [6.45, 7) is 4.71. The quantitative estimate of drug-likeness (QED) is 0.278. The SMILES string of the molecule is CCn1c(=O)c(-c2ccc(C(=O)O)cc2)cc2c3cc(-c4ccc(CN5CCC(S(C)(=O)=O)CC5)cc4)[nH]c3ncc21. The second-order valence-corrected chi connectivity index (χ2v) is 13.3. The van der Waals surface area contributed by atoms with Crippen LogP contribution in [-0.4, -0.2) is 63.5 Å². The van der Waals surface area contributed by atoms with Gasteiger partial charge in [-0.15, -0.1) is 0 Å². The molecule has 3 aromatic heterocycles. The molecule has 42 heavy (non-hydrogen) atoms. The predicted molar refractivity (Wildman–Crippen MR) is 165 cm³/mol. The number of likely N-dealkylation sites (tertiary alicyclic amines) is 1. The lowest BCUT2D eigenvalue weighted by Crippen LogP contribution is -2.38. The van der Waals surface area contributed by atoms with Crippen molar-refractivity contribution in [1.82, 2.24) is 19.4 Å². The Kier molecular flexibility index (Phi) is 7.20. The zero-order valence-electron chi connectivity index (χ0n) is 23.5. The molecule has 1 aliphatic heterocycles. The van der Waals surface area contributed by atoms with Crippen molar-refractivity contribution in [3.05, 3.63) is 88.3 Å². The molecule has 5 aromatic rings. The molecule has 0 spiro atoms. The van der Waals surface area contributed by atoms with E-state index in [1.54, 1.807) is 22.9 Å². The van der Waals surface area contributed by atoms with Crippen LogP contribution in [0.25, 0.3) is 44.3 Å². The number of nitrogens with zero attached hydrogens (tertiary/aromatic N) is 3. The van der Waals surface area contributed by atoms with Gasteiger partial charge in [-0.2, -0.15) is 0 Å². The van der Waals surface area contributed by atoms with Gasteiger partial charge in [0.15, 0.2) is 0 Å². The number of carboxylic acid groups (broad SMARTS) is 1. The van der Waals surface area contributed by atoms with Crippen molar-refractivity contribution in [2.75, 3.05) is 19.3 Å². The Hall–Kier alpha value is -4.28. The first-order valence-corrected chi connectivity index (χ1v) is 16.0. The average molecular weight is 585 g/mol. The van der Waals surface area contributed by atoms with Crippen LogP contribution in [-0.2, 0) is 22.9 Å². The van der Waals surface area contributed by atoms with Gasteiger partial charge in [-0.25, -0.2) is 18.2 Å². The number of carboxylic acids is 1. The number of hydrogen-bond acceptors (Lipinski definition) is 6. The lowest BCUT2D eigenvalue weighted by molar-refractivity contribution is 0.0697. The molecular formula is C32H32N4O5S. The van der Waals surface area contributed by atoms with E-state index in [0.29, 0.717) is 36.2 Å². The highest BCUT2D eigenvalue weighted by atomic mass is 32.2. The van der Waals surface area contributed by atoms with E-state index in [4.69, 9.17) is 0 Å². The summed E-state index contributed by atoms with van der Waals surface area (Å²) in [5.74, 6) is -1.01. The fraction of sp³-hybridized carbons (Fsp3) is 0.281. The van der Waals surface area contributed by atoms with Crippen molar-refractivity contribution in [3.8, 4) is 22.4 Å². The van der Waals surface area contributed by atoms with E-state index in [1.807, 2.05) is 13.0 Å². The fourth-order valence-corrected chi connectivity index (χ4v) is 6.99. The number of aromatic amines is 1. The Morgan fingerprint density at radius 1 is 1.00 bits per heavy atom. The van der Waals surface area contributed by atoms with Crippen molar-refractivity contribution in [1.29, 1.82) is 0 Å². The number of aryl methyl sites for hydroxylation is 1. The Morgan fingerprint density at radius 2 is 1.67 bits per heavy atom. The van der Waals surface area contributed by atoms with E-state index in [-0.39, 0.29) is 16.4 Å². The van der Waals surface area contributed by atoms with E-state index < -0.39 is 15.8 Å². The van der Waals surface area contributed by atoms with Gasteiger partial charge in [0.05, 0.1) is 22.5 Å². The molecule has 2 aromatic carbocycles. The first-order chi connectivity index (χ1) is 20.1. The number of fused-ring (bicyclic) bond motifs is 3. The molecular weight excluding hydrogens is 552 g/mol. The monoisotopic (exact) mass is 584 g/mol. The summed E-state index contributed by atoms with van der Waals surface area (Å²) in [5, 5.41) is 10.8. The number of rotatable bonds is 7. The molecule has 10 heteroatoms. The van der Waals surface area contributed by atoms with Crippen LogP contribution in [0.2, 0.25) is 0 Å². The van der Waals surface area contributed by atoms with Crippen LogP contribution in [0, 0.1) is 0 Å². The minimum absolute atomic E-state index is 0.152. The van der Waals surface area contributed by atoms with E-state index in [9.17, 15) is 23.1 Å². The van der Waals surface area contributed by atoms with Gasteiger partial charge in [-0.3, -0.25) is 9.69 Å². The number of aromatic carboxylic acids is 1. The molecule has 2 N–H and O–H groups in total. The van der Waals surface area contributed by atoms with Crippen LogP contribution < -0.4 is 5.56 Å². The molecule has 0 amide bonds. The summed E-state index contributed by atoms with van der Waals surface area (Å²) in [4.78, 5) is 35.1. The Bertz CT molecular complexity index is 1970. The maximum absolute atomic E-state index is 13.4. The van der Waals surface area contributed by atoms with Gasteiger partial charge >= 0.3 is 5.97 Å². The normalized spacial score (nSPS) is 15.0. The number of pyridine rings is 2. The molecule has 0 radical (unpaired) electrons.